The molecule has 0 saturated carbocycles. The van der Waals surface area contributed by atoms with Crippen LogP contribution < -0.4 is 0 Å². The number of nitrogens with zero attached hydrogens (tertiary/aromatic N) is 2. The summed E-state index contributed by atoms with van der Waals surface area (Å²) in [5.74, 6) is 0.189. The monoisotopic (exact) mass is 196 g/mol. The summed E-state index contributed by atoms with van der Waals surface area (Å²) < 4.78 is 1.63. The molecule has 0 radical (unpaired) electrons. The predicted octanol–water partition coefficient (Wildman–Crippen LogP) is 2.53. The Bertz CT molecular complexity index is 484. The van der Waals surface area contributed by atoms with Gasteiger partial charge in [-0.15, -0.1) is 0 Å². The van der Waals surface area contributed by atoms with Gasteiger partial charge in [-0.1, -0.05) is 11.3 Å². The standard InChI is InChI=1S/C8H8N2O2S/c1-5-6(2)8-9(3-4-13-8)7(5)10(11)12/h3-4H,1-2H3. The Balaban J connectivity index is 2.92. The SMILES string of the molecule is Cc1c(C)c2sccn2c1[N+](=O)[O-]. The fourth-order valence-corrected chi connectivity index (χ4v) is 2.35. The minimum absolute atomic E-state index is 0.189. The fourth-order valence-electron chi connectivity index (χ4n) is 1.45. The van der Waals surface area contributed by atoms with Crippen molar-refractivity contribution in [2.24, 2.45) is 0 Å². The van der Waals surface area contributed by atoms with Crippen LogP contribution in [0.15, 0.2) is 11.6 Å². The molecule has 0 fully saturated rings. The third-order valence-electron chi connectivity index (χ3n) is 2.23. The zero-order valence-electron chi connectivity index (χ0n) is 7.27. The van der Waals surface area contributed by atoms with Crippen LogP contribution in [0.1, 0.15) is 11.1 Å². The van der Waals surface area contributed by atoms with Crippen LogP contribution in [-0.4, -0.2) is 9.32 Å². The summed E-state index contributed by atoms with van der Waals surface area (Å²) in [5, 5.41) is 12.6. The molecule has 2 rings (SSSR count). The van der Waals surface area contributed by atoms with Crippen molar-refractivity contribution in [3.63, 3.8) is 0 Å². The Hall–Kier alpha value is -1.36. The van der Waals surface area contributed by atoms with Crippen LogP contribution in [0, 0.1) is 24.0 Å². The van der Waals surface area contributed by atoms with Gasteiger partial charge in [-0.05, 0) is 18.8 Å². The van der Waals surface area contributed by atoms with Crippen molar-refractivity contribution in [1.82, 2.24) is 4.40 Å². The number of hydrogen-bond donors (Lipinski definition) is 0. The molecule has 2 aromatic rings. The molecule has 0 atom stereocenters. The molecule has 0 aliphatic carbocycles. The summed E-state index contributed by atoms with van der Waals surface area (Å²) in [6.45, 7) is 3.70. The van der Waals surface area contributed by atoms with E-state index in [1.165, 1.54) is 11.3 Å². The van der Waals surface area contributed by atoms with Crippen LogP contribution in [0.5, 0.6) is 0 Å². The molecule has 0 saturated heterocycles. The lowest BCUT2D eigenvalue weighted by molar-refractivity contribution is -0.390. The first-order valence-corrected chi connectivity index (χ1v) is 4.70. The Kier molecular flexibility index (Phi) is 1.63. The molecule has 0 amide bonds. The average Bonchev–Trinajstić information content (AvgIpc) is 2.57. The van der Waals surface area contributed by atoms with E-state index in [0.717, 1.165) is 16.0 Å². The number of nitro groups is 1. The van der Waals surface area contributed by atoms with Gasteiger partial charge in [-0.3, -0.25) is 0 Å². The lowest BCUT2D eigenvalue weighted by Crippen LogP contribution is -1.93. The molecule has 13 heavy (non-hydrogen) atoms. The molecule has 0 unspecified atom stereocenters. The van der Waals surface area contributed by atoms with Crippen molar-refractivity contribution in [3.8, 4) is 0 Å². The second kappa shape index (κ2) is 2.56. The van der Waals surface area contributed by atoms with Gasteiger partial charge in [0.1, 0.15) is 6.20 Å². The third-order valence-corrected chi connectivity index (χ3v) is 3.21. The van der Waals surface area contributed by atoms with Gasteiger partial charge in [0.15, 0.2) is 4.83 Å². The van der Waals surface area contributed by atoms with E-state index in [1.807, 2.05) is 12.3 Å². The van der Waals surface area contributed by atoms with Gasteiger partial charge < -0.3 is 10.1 Å². The fraction of sp³-hybridized carbons (Fsp3) is 0.250. The number of aryl methyl sites for hydroxylation is 1. The number of rotatable bonds is 1. The summed E-state index contributed by atoms with van der Waals surface area (Å²) in [6, 6.07) is 0. The molecular formula is C8H8N2O2S. The van der Waals surface area contributed by atoms with Gasteiger partial charge in [0, 0.05) is 10.9 Å². The molecule has 0 aromatic carbocycles. The maximum absolute atomic E-state index is 10.7. The highest BCUT2D eigenvalue weighted by atomic mass is 32.1. The minimum atomic E-state index is -0.331. The largest absolute Gasteiger partial charge is 0.358 e. The summed E-state index contributed by atoms with van der Waals surface area (Å²) in [5.41, 5.74) is 1.76. The summed E-state index contributed by atoms with van der Waals surface area (Å²) in [7, 11) is 0. The van der Waals surface area contributed by atoms with Gasteiger partial charge >= 0.3 is 5.82 Å². The number of fused-ring (bicyclic) bond motifs is 1. The van der Waals surface area contributed by atoms with Gasteiger partial charge in [0.2, 0.25) is 0 Å². The Morgan fingerprint density at radius 2 is 2.15 bits per heavy atom. The molecule has 0 aliphatic heterocycles. The van der Waals surface area contributed by atoms with E-state index in [2.05, 4.69) is 0 Å². The van der Waals surface area contributed by atoms with E-state index < -0.39 is 0 Å². The zero-order chi connectivity index (χ0) is 9.59. The van der Waals surface area contributed by atoms with Crippen molar-refractivity contribution < 1.29 is 4.92 Å². The number of aromatic nitrogens is 1. The average molecular weight is 196 g/mol. The number of thiazole rings is 1. The van der Waals surface area contributed by atoms with E-state index in [9.17, 15) is 10.1 Å². The van der Waals surface area contributed by atoms with Gasteiger partial charge in [-0.2, -0.15) is 4.40 Å². The van der Waals surface area contributed by atoms with Crippen LogP contribution in [0.3, 0.4) is 0 Å². The highest BCUT2D eigenvalue weighted by Gasteiger charge is 2.21. The van der Waals surface area contributed by atoms with Gasteiger partial charge in [0.25, 0.3) is 0 Å². The second-order valence-corrected chi connectivity index (χ2v) is 3.80. The van der Waals surface area contributed by atoms with Crippen molar-refractivity contribution in [2.45, 2.75) is 13.8 Å². The van der Waals surface area contributed by atoms with Crippen molar-refractivity contribution in [3.05, 3.63) is 32.8 Å². The summed E-state index contributed by atoms with van der Waals surface area (Å²) in [4.78, 5) is 11.4. The molecule has 0 bridgehead atoms. The first-order chi connectivity index (χ1) is 6.13. The van der Waals surface area contributed by atoms with E-state index in [4.69, 9.17) is 0 Å². The lowest BCUT2D eigenvalue weighted by Gasteiger charge is -1.92. The van der Waals surface area contributed by atoms with Crippen LogP contribution in [0.2, 0.25) is 0 Å². The van der Waals surface area contributed by atoms with Crippen molar-refractivity contribution in [1.29, 1.82) is 0 Å². The summed E-state index contributed by atoms with van der Waals surface area (Å²) in [6.07, 6.45) is 1.73. The minimum Gasteiger partial charge on any atom is -0.358 e. The van der Waals surface area contributed by atoms with E-state index in [-0.39, 0.29) is 10.7 Å². The molecule has 0 spiro atoms. The smallest absolute Gasteiger partial charge is 0.332 e. The molecule has 0 N–H and O–H groups in total. The molecule has 2 aromatic heterocycles. The van der Waals surface area contributed by atoms with Crippen LogP contribution in [0.4, 0.5) is 5.82 Å². The van der Waals surface area contributed by atoms with Crippen LogP contribution >= 0.6 is 11.3 Å². The quantitative estimate of drug-likeness (QED) is 0.519. The highest BCUT2D eigenvalue weighted by Crippen LogP contribution is 2.30. The van der Waals surface area contributed by atoms with Gasteiger partial charge in [0.05, 0.1) is 5.56 Å². The molecule has 68 valence electrons. The number of hydrogen-bond acceptors (Lipinski definition) is 3. The predicted molar refractivity (Wildman–Crippen MR) is 51.4 cm³/mol. The summed E-state index contributed by atoms with van der Waals surface area (Å²) >= 11 is 1.52. The van der Waals surface area contributed by atoms with Crippen LogP contribution in [0.25, 0.3) is 4.83 Å². The Labute approximate surface area is 78.6 Å². The van der Waals surface area contributed by atoms with E-state index in [0.29, 0.717) is 0 Å². The van der Waals surface area contributed by atoms with E-state index >= 15 is 0 Å². The highest BCUT2D eigenvalue weighted by molar-refractivity contribution is 7.15. The molecule has 0 aliphatic rings. The Morgan fingerprint density at radius 3 is 2.77 bits per heavy atom. The van der Waals surface area contributed by atoms with Gasteiger partial charge in [-0.25, -0.2) is 0 Å². The topological polar surface area (TPSA) is 47.5 Å². The second-order valence-electron chi connectivity index (χ2n) is 2.91. The molecule has 4 nitrogen and oxygen atoms in total. The maximum atomic E-state index is 10.7. The Morgan fingerprint density at radius 1 is 1.46 bits per heavy atom. The first-order valence-electron chi connectivity index (χ1n) is 3.82. The van der Waals surface area contributed by atoms with Crippen molar-refractivity contribution >= 4 is 22.0 Å². The third kappa shape index (κ3) is 0.968. The molecule has 5 heteroatoms. The normalized spacial score (nSPS) is 10.9. The van der Waals surface area contributed by atoms with Crippen molar-refractivity contribution in [2.75, 3.05) is 0 Å². The van der Waals surface area contributed by atoms with E-state index in [1.54, 1.807) is 17.5 Å². The molecular weight excluding hydrogens is 188 g/mol. The maximum Gasteiger partial charge on any atom is 0.332 e. The zero-order valence-corrected chi connectivity index (χ0v) is 8.09. The molecule has 2 heterocycles. The lowest BCUT2D eigenvalue weighted by atomic mass is 10.2. The van der Waals surface area contributed by atoms with Crippen LogP contribution in [-0.2, 0) is 0 Å². The first kappa shape index (κ1) is 8.25.